The molecule has 0 amide bonds. The summed E-state index contributed by atoms with van der Waals surface area (Å²) >= 11 is 0. The summed E-state index contributed by atoms with van der Waals surface area (Å²) in [6.07, 6.45) is 93.0. The highest BCUT2D eigenvalue weighted by molar-refractivity contribution is 7.47. The van der Waals surface area contributed by atoms with E-state index in [0.29, 0.717) is 17.4 Å². The average Bonchev–Trinajstić information content (AvgIpc) is 3.51. The summed E-state index contributed by atoms with van der Waals surface area (Å²) < 4.78 is 34.7. The molecule has 0 aromatic carbocycles. The lowest BCUT2D eigenvalue weighted by atomic mass is 10.0. The summed E-state index contributed by atoms with van der Waals surface area (Å²) in [6, 6.07) is 0. The maximum absolute atomic E-state index is 12.9. The maximum Gasteiger partial charge on any atom is 0.472 e. The molecule has 9 nitrogen and oxygen atoms in total. The van der Waals surface area contributed by atoms with Gasteiger partial charge in [-0.05, 0) is 89.9 Å². The number of phosphoric acid groups is 1. The molecule has 0 spiro atoms. The number of rotatable bonds is 63. The third kappa shape index (κ3) is 69.4. The van der Waals surface area contributed by atoms with Crippen molar-refractivity contribution >= 4 is 19.8 Å². The highest BCUT2D eigenvalue weighted by Crippen LogP contribution is 2.43. The van der Waals surface area contributed by atoms with E-state index in [0.717, 1.165) is 109 Å². The van der Waals surface area contributed by atoms with Gasteiger partial charge in [-0.25, -0.2) is 4.57 Å². The number of carbonyl (C=O) groups excluding carboxylic acids is 2. The summed E-state index contributed by atoms with van der Waals surface area (Å²) in [5, 5.41) is 0. The fourth-order valence-electron chi connectivity index (χ4n) is 9.46. The largest absolute Gasteiger partial charge is 0.472 e. The van der Waals surface area contributed by atoms with E-state index < -0.39 is 26.5 Å². The Bertz CT molecular complexity index is 1850. The van der Waals surface area contributed by atoms with E-state index in [1.54, 1.807) is 0 Å². The number of hydrogen-bond donors (Lipinski definition) is 1. The van der Waals surface area contributed by atoms with E-state index in [-0.39, 0.29) is 32.0 Å². The molecule has 0 aliphatic carbocycles. The second kappa shape index (κ2) is 64.9. The first-order chi connectivity index (χ1) is 41.5. The Hall–Kier alpha value is -3.59. The van der Waals surface area contributed by atoms with Crippen molar-refractivity contribution in [1.82, 2.24) is 0 Å². The molecular weight excluding hydrogens is 1070 g/mol. The molecule has 0 bridgehead atoms. The van der Waals surface area contributed by atoms with Crippen LogP contribution >= 0.6 is 7.82 Å². The van der Waals surface area contributed by atoms with Crippen LogP contribution in [0.2, 0.25) is 0 Å². The van der Waals surface area contributed by atoms with Gasteiger partial charge in [0.15, 0.2) is 6.10 Å². The zero-order chi connectivity index (χ0) is 61.9. The van der Waals surface area contributed by atoms with Crippen molar-refractivity contribution in [3.05, 3.63) is 122 Å². The van der Waals surface area contributed by atoms with Crippen molar-refractivity contribution in [3.63, 3.8) is 0 Å². The topological polar surface area (TPSA) is 108 Å². The van der Waals surface area contributed by atoms with Gasteiger partial charge in [0.05, 0.1) is 27.7 Å². The molecule has 0 rings (SSSR count). The van der Waals surface area contributed by atoms with Gasteiger partial charge in [0.2, 0.25) is 0 Å². The van der Waals surface area contributed by atoms with E-state index in [1.807, 2.05) is 21.1 Å². The van der Waals surface area contributed by atoms with E-state index in [1.165, 1.54) is 148 Å². The Morgan fingerprint density at radius 1 is 0.376 bits per heavy atom. The average molecular weight is 1210 g/mol. The fourth-order valence-corrected chi connectivity index (χ4v) is 10.2. The SMILES string of the molecule is CC/C=C\C/C=C\C/C=C\C/C=C\C/C=C\C/C=C\C/C=C\C/C=C\C/C=C\C/C=C\CCCCCCC(=O)OC(COC(=O)CCCCCCCCCCCCCCCCCCCCCCCCCCCC)COP(=O)(O)OCC[N+](C)(C)C. The first-order valence-electron chi connectivity index (χ1n) is 34.8. The van der Waals surface area contributed by atoms with Gasteiger partial charge in [-0.3, -0.25) is 18.6 Å². The highest BCUT2D eigenvalue weighted by Gasteiger charge is 2.27. The number of nitrogens with zero attached hydrogens (tertiary/aromatic N) is 1. The Morgan fingerprint density at radius 2 is 0.671 bits per heavy atom. The number of quaternary nitrogens is 1. The molecule has 0 aliphatic rings. The van der Waals surface area contributed by atoms with E-state index in [9.17, 15) is 19.0 Å². The van der Waals surface area contributed by atoms with Crippen LogP contribution < -0.4 is 0 Å². The number of carbonyl (C=O) groups is 2. The van der Waals surface area contributed by atoms with Crippen LogP contribution in [0, 0.1) is 0 Å². The summed E-state index contributed by atoms with van der Waals surface area (Å²) in [4.78, 5) is 35.9. The third-order valence-corrected chi connectivity index (χ3v) is 15.7. The van der Waals surface area contributed by atoms with E-state index >= 15 is 0 Å². The van der Waals surface area contributed by atoms with Crippen LogP contribution in [0.15, 0.2) is 122 Å². The molecule has 0 aromatic heterocycles. The van der Waals surface area contributed by atoms with Crippen LogP contribution in [-0.2, 0) is 32.7 Å². The fraction of sp³-hybridized carbons (Fsp3) is 0.707. The van der Waals surface area contributed by atoms with E-state index in [2.05, 4.69) is 135 Å². The van der Waals surface area contributed by atoms with Gasteiger partial charge in [0.25, 0.3) is 0 Å². The number of ether oxygens (including phenoxy) is 2. The Labute approximate surface area is 524 Å². The molecule has 0 aromatic rings. The van der Waals surface area contributed by atoms with Gasteiger partial charge in [-0.15, -0.1) is 0 Å². The van der Waals surface area contributed by atoms with Crippen LogP contribution in [0.5, 0.6) is 0 Å². The molecule has 0 saturated heterocycles. The molecule has 2 unspecified atom stereocenters. The van der Waals surface area contributed by atoms with Gasteiger partial charge < -0.3 is 18.9 Å². The van der Waals surface area contributed by atoms with Crippen LogP contribution in [0.25, 0.3) is 0 Å². The molecule has 10 heteroatoms. The minimum Gasteiger partial charge on any atom is -0.462 e. The number of hydrogen-bond acceptors (Lipinski definition) is 7. The van der Waals surface area contributed by atoms with Crippen molar-refractivity contribution in [2.75, 3.05) is 47.5 Å². The van der Waals surface area contributed by atoms with Crippen molar-refractivity contribution < 1.29 is 42.1 Å². The van der Waals surface area contributed by atoms with Gasteiger partial charge in [-0.2, -0.15) is 0 Å². The van der Waals surface area contributed by atoms with Crippen molar-refractivity contribution in [2.24, 2.45) is 0 Å². The molecule has 85 heavy (non-hydrogen) atoms. The van der Waals surface area contributed by atoms with Crippen molar-refractivity contribution in [3.8, 4) is 0 Å². The molecule has 0 fully saturated rings. The third-order valence-electron chi connectivity index (χ3n) is 14.8. The second-order valence-electron chi connectivity index (χ2n) is 24.2. The van der Waals surface area contributed by atoms with Gasteiger partial charge >= 0.3 is 19.8 Å². The standard InChI is InChI=1S/C75H130NO8P/c1-6-8-10-12-14-16-18-20-22-24-26-28-30-32-34-35-36-37-38-39-40-41-42-44-46-48-50-52-54-56-58-60-62-64-66-68-75(78)84-73(72-83-85(79,80)82-70-69-76(3,4)5)71-81-74(77)67-65-63-61-59-57-55-53-51-49-47-45-43-33-31-29-27-25-23-21-19-17-15-13-11-9-7-2/h8,10,14,16,20,22,26,28,32,34,36-37,39-40,42,44,48,50,54,56,73H,6-7,9,11-13,15,17-19,21,23-25,27,29-31,33,35,38,41,43,45-47,49,51-53,55,57-72H2,1-5H3/p+1/b10-8-,16-14-,22-20-,28-26-,34-32-,37-36-,40-39-,44-42-,50-48-,56-54-. The summed E-state index contributed by atoms with van der Waals surface area (Å²) in [5.74, 6) is -0.823. The van der Waals surface area contributed by atoms with Gasteiger partial charge in [-0.1, -0.05) is 309 Å². The van der Waals surface area contributed by atoms with Crippen LogP contribution in [0.1, 0.15) is 290 Å². The van der Waals surface area contributed by atoms with Gasteiger partial charge in [0, 0.05) is 12.8 Å². The molecule has 0 radical (unpaired) electrons. The van der Waals surface area contributed by atoms with E-state index in [4.69, 9.17) is 18.5 Å². The molecular formula is C75H131NO8P+. The number of esters is 2. The highest BCUT2D eigenvalue weighted by atomic mass is 31.2. The quantitative estimate of drug-likeness (QED) is 0.0211. The molecule has 0 heterocycles. The second-order valence-corrected chi connectivity index (χ2v) is 25.6. The molecule has 0 aliphatic heterocycles. The van der Waals surface area contributed by atoms with Crippen molar-refractivity contribution in [2.45, 2.75) is 296 Å². The van der Waals surface area contributed by atoms with Crippen LogP contribution in [0.3, 0.4) is 0 Å². The number of allylic oxidation sites excluding steroid dienone is 20. The predicted molar refractivity (Wildman–Crippen MR) is 367 cm³/mol. The summed E-state index contributed by atoms with van der Waals surface area (Å²) in [7, 11) is 1.45. The van der Waals surface area contributed by atoms with Crippen LogP contribution in [-0.4, -0.2) is 74.9 Å². The lowest BCUT2D eigenvalue weighted by Crippen LogP contribution is -2.37. The zero-order valence-electron chi connectivity index (χ0n) is 55.6. The molecule has 488 valence electrons. The van der Waals surface area contributed by atoms with Crippen molar-refractivity contribution in [1.29, 1.82) is 0 Å². The Balaban J connectivity index is 4.16. The molecule has 1 N–H and O–H groups in total. The maximum atomic E-state index is 12.9. The zero-order valence-corrected chi connectivity index (χ0v) is 56.5. The lowest BCUT2D eigenvalue weighted by molar-refractivity contribution is -0.870. The molecule has 2 atom stereocenters. The Morgan fingerprint density at radius 3 is 1.00 bits per heavy atom. The van der Waals surface area contributed by atoms with Gasteiger partial charge in [0.1, 0.15) is 19.8 Å². The normalized spacial score (nSPS) is 13.9. The number of phosphoric ester groups is 1. The minimum absolute atomic E-state index is 0.0216. The van der Waals surface area contributed by atoms with Crippen LogP contribution in [0.4, 0.5) is 0 Å². The smallest absolute Gasteiger partial charge is 0.462 e. The summed E-state index contributed by atoms with van der Waals surface area (Å²) in [6.45, 7) is 4.31. The minimum atomic E-state index is -4.41. The molecule has 0 saturated carbocycles. The monoisotopic (exact) mass is 1200 g/mol. The first kappa shape index (κ1) is 81.4. The Kier molecular flexibility index (Phi) is 62.1. The first-order valence-corrected chi connectivity index (χ1v) is 36.3. The number of likely N-dealkylation sites (N-methyl/N-ethyl adjacent to an activating group) is 1. The summed E-state index contributed by atoms with van der Waals surface area (Å²) in [5.41, 5.74) is 0. The number of unbranched alkanes of at least 4 members (excludes halogenated alkanes) is 29. The predicted octanol–water partition coefficient (Wildman–Crippen LogP) is 22.7. The lowest BCUT2D eigenvalue weighted by Gasteiger charge is -2.24.